The highest BCUT2D eigenvalue weighted by atomic mass is 32.2. The molecule has 0 aliphatic carbocycles. The lowest BCUT2D eigenvalue weighted by molar-refractivity contribution is 0.248. The second kappa shape index (κ2) is 5.30. The summed E-state index contributed by atoms with van der Waals surface area (Å²) in [6.45, 7) is 2.70. The summed E-state index contributed by atoms with van der Waals surface area (Å²) in [5.41, 5.74) is 2.30. The Balaban J connectivity index is 1.76. The molecule has 1 aromatic carbocycles. The first kappa shape index (κ1) is 11.4. The van der Waals surface area contributed by atoms with Crippen LogP contribution in [-0.2, 0) is 15.5 Å². The van der Waals surface area contributed by atoms with Crippen LogP contribution in [0.5, 0.6) is 0 Å². The molecule has 0 radical (unpaired) electrons. The summed E-state index contributed by atoms with van der Waals surface area (Å²) in [4.78, 5) is 0. The third kappa shape index (κ3) is 3.20. The Labute approximate surface area is 98.8 Å². The van der Waals surface area contributed by atoms with Crippen LogP contribution >= 0.6 is 0 Å². The lowest BCUT2D eigenvalue weighted by Gasteiger charge is -2.03. The van der Waals surface area contributed by atoms with E-state index in [0.717, 1.165) is 17.7 Å². The van der Waals surface area contributed by atoms with Crippen LogP contribution in [0.4, 0.5) is 0 Å². The van der Waals surface area contributed by atoms with Gasteiger partial charge in [-0.25, -0.2) is 0 Å². The second-order valence-corrected chi connectivity index (χ2v) is 5.76. The van der Waals surface area contributed by atoms with Crippen molar-refractivity contribution in [2.45, 2.75) is 18.6 Å². The lowest BCUT2D eigenvalue weighted by atomic mass is 10.1. The first-order valence-corrected chi connectivity index (χ1v) is 6.86. The summed E-state index contributed by atoms with van der Waals surface area (Å²) in [6.07, 6.45) is 2.70. The van der Waals surface area contributed by atoms with Crippen LogP contribution in [0.25, 0.3) is 5.57 Å². The molecule has 1 heterocycles. The lowest BCUT2D eigenvalue weighted by Crippen LogP contribution is -1.94. The Morgan fingerprint density at radius 1 is 1.50 bits per heavy atom. The molecule has 2 atom stereocenters. The fourth-order valence-electron chi connectivity index (χ4n) is 1.51. The van der Waals surface area contributed by atoms with E-state index in [-0.39, 0.29) is 0 Å². The highest BCUT2D eigenvalue weighted by Crippen LogP contribution is 2.19. The van der Waals surface area contributed by atoms with Crippen LogP contribution in [0.1, 0.15) is 18.9 Å². The van der Waals surface area contributed by atoms with Crippen molar-refractivity contribution >= 4 is 16.4 Å². The van der Waals surface area contributed by atoms with Gasteiger partial charge in [0, 0.05) is 21.8 Å². The van der Waals surface area contributed by atoms with Crippen LogP contribution in [0, 0.1) is 0 Å². The number of ether oxygens (including phenoxy) is 1. The smallest absolute Gasteiger partial charge is 0.0885 e. The van der Waals surface area contributed by atoms with Gasteiger partial charge in [0.15, 0.2) is 0 Å². The van der Waals surface area contributed by atoms with Crippen LogP contribution in [0.2, 0.25) is 0 Å². The summed E-state index contributed by atoms with van der Waals surface area (Å²) in [7, 11) is -0.550. The van der Waals surface area contributed by atoms with Gasteiger partial charge >= 0.3 is 0 Å². The number of rotatable bonds is 5. The van der Waals surface area contributed by atoms with Crippen LogP contribution in [-0.4, -0.2) is 21.8 Å². The third-order valence-corrected chi connectivity index (χ3v) is 4.10. The maximum atomic E-state index is 10.9. The van der Waals surface area contributed by atoms with Crippen LogP contribution < -0.4 is 0 Å². The van der Waals surface area contributed by atoms with E-state index in [4.69, 9.17) is 4.74 Å². The van der Waals surface area contributed by atoms with Gasteiger partial charge in [-0.1, -0.05) is 30.3 Å². The van der Waals surface area contributed by atoms with E-state index in [1.54, 1.807) is 6.26 Å². The molecule has 16 heavy (non-hydrogen) atoms. The SMILES string of the molecule is C/C(=C/OCCC1CS1=O)c1ccccc1. The summed E-state index contributed by atoms with van der Waals surface area (Å²) in [6, 6.07) is 10.1. The Hall–Kier alpha value is -1.09. The maximum Gasteiger partial charge on any atom is 0.0885 e. The zero-order chi connectivity index (χ0) is 11.4. The highest BCUT2D eigenvalue weighted by molar-refractivity contribution is 7.92. The van der Waals surface area contributed by atoms with Gasteiger partial charge in [0.25, 0.3) is 0 Å². The van der Waals surface area contributed by atoms with Gasteiger partial charge < -0.3 is 4.74 Å². The van der Waals surface area contributed by atoms with Crippen molar-refractivity contribution in [1.82, 2.24) is 0 Å². The Morgan fingerprint density at radius 3 is 2.81 bits per heavy atom. The van der Waals surface area contributed by atoms with Gasteiger partial charge in [-0.2, -0.15) is 0 Å². The molecule has 1 fully saturated rings. The predicted molar refractivity (Wildman–Crippen MR) is 67.5 cm³/mol. The van der Waals surface area contributed by atoms with Crippen molar-refractivity contribution in [3.8, 4) is 0 Å². The molecule has 1 aliphatic heterocycles. The molecule has 0 bridgehead atoms. The molecule has 0 aromatic heterocycles. The van der Waals surface area contributed by atoms with E-state index in [1.807, 2.05) is 25.1 Å². The molecular formula is C13H16O2S. The molecule has 2 nitrogen and oxygen atoms in total. The minimum atomic E-state index is -0.550. The van der Waals surface area contributed by atoms with E-state index in [0.29, 0.717) is 11.9 Å². The minimum absolute atomic E-state index is 0.394. The fourth-order valence-corrected chi connectivity index (χ4v) is 2.49. The average molecular weight is 236 g/mol. The zero-order valence-corrected chi connectivity index (χ0v) is 10.2. The molecule has 0 spiro atoms. The van der Waals surface area contributed by atoms with Gasteiger partial charge in [0.2, 0.25) is 0 Å². The molecule has 0 amide bonds. The molecule has 1 aromatic rings. The topological polar surface area (TPSA) is 26.3 Å². The van der Waals surface area contributed by atoms with Crippen LogP contribution in [0.3, 0.4) is 0 Å². The van der Waals surface area contributed by atoms with E-state index in [2.05, 4.69) is 12.1 Å². The number of allylic oxidation sites excluding steroid dienone is 1. The summed E-state index contributed by atoms with van der Waals surface area (Å²) in [5, 5.41) is 0.394. The van der Waals surface area contributed by atoms with E-state index < -0.39 is 10.8 Å². The fraction of sp³-hybridized carbons (Fsp3) is 0.385. The first-order valence-electron chi connectivity index (χ1n) is 5.48. The molecule has 86 valence electrons. The van der Waals surface area contributed by atoms with Gasteiger partial charge in [0.05, 0.1) is 12.9 Å². The first-order chi connectivity index (χ1) is 7.77. The van der Waals surface area contributed by atoms with Crippen molar-refractivity contribution in [2.75, 3.05) is 12.4 Å². The van der Waals surface area contributed by atoms with Crippen molar-refractivity contribution in [3.05, 3.63) is 42.2 Å². The molecular weight excluding hydrogens is 220 g/mol. The Morgan fingerprint density at radius 2 is 2.19 bits per heavy atom. The molecule has 1 saturated heterocycles. The molecule has 0 N–H and O–H groups in total. The van der Waals surface area contributed by atoms with Gasteiger partial charge in [-0.05, 0) is 24.5 Å². The number of hydrogen-bond donors (Lipinski definition) is 0. The van der Waals surface area contributed by atoms with E-state index in [9.17, 15) is 4.21 Å². The summed E-state index contributed by atoms with van der Waals surface area (Å²) in [5.74, 6) is 0.866. The average Bonchev–Trinajstić information content (AvgIpc) is 3.02. The minimum Gasteiger partial charge on any atom is -0.501 e. The van der Waals surface area contributed by atoms with Crippen LogP contribution in [0.15, 0.2) is 36.6 Å². The molecule has 2 rings (SSSR count). The van der Waals surface area contributed by atoms with Gasteiger partial charge in [-0.3, -0.25) is 4.21 Å². The normalized spacial score (nSPS) is 24.2. The Kier molecular flexibility index (Phi) is 3.78. The maximum absolute atomic E-state index is 10.9. The van der Waals surface area contributed by atoms with Crippen molar-refractivity contribution in [1.29, 1.82) is 0 Å². The van der Waals surface area contributed by atoms with E-state index >= 15 is 0 Å². The largest absolute Gasteiger partial charge is 0.501 e. The summed E-state index contributed by atoms with van der Waals surface area (Å²) >= 11 is 0. The summed E-state index contributed by atoms with van der Waals surface area (Å²) < 4.78 is 16.3. The zero-order valence-electron chi connectivity index (χ0n) is 9.39. The quantitative estimate of drug-likeness (QED) is 0.446. The third-order valence-electron chi connectivity index (χ3n) is 2.65. The highest BCUT2D eigenvalue weighted by Gasteiger charge is 2.32. The van der Waals surface area contributed by atoms with E-state index in [1.165, 1.54) is 5.56 Å². The van der Waals surface area contributed by atoms with Gasteiger partial charge in [-0.15, -0.1) is 0 Å². The molecule has 0 saturated carbocycles. The second-order valence-electron chi connectivity index (χ2n) is 4.00. The Bertz CT molecular complexity index is 398. The van der Waals surface area contributed by atoms with Gasteiger partial charge in [0.1, 0.15) is 0 Å². The van der Waals surface area contributed by atoms with Crippen molar-refractivity contribution in [2.24, 2.45) is 0 Å². The number of benzene rings is 1. The molecule has 3 heteroatoms. The van der Waals surface area contributed by atoms with Crippen molar-refractivity contribution in [3.63, 3.8) is 0 Å². The predicted octanol–water partition coefficient (Wildman–Crippen LogP) is 2.59. The van der Waals surface area contributed by atoms with Crippen molar-refractivity contribution < 1.29 is 8.95 Å². The molecule has 2 unspecified atom stereocenters. The standard InChI is InChI=1S/C13H16O2S/c1-11(12-5-3-2-4-6-12)9-15-8-7-13-10-16(13)14/h2-6,9,13H,7-8,10H2,1H3/b11-9-. The number of hydrogen-bond acceptors (Lipinski definition) is 2. The molecule has 1 aliphatic rings. The monoisotopic (exact) mass is 236 g/mol.